The van der Waals surface area contributed by atoms with Crippen molar-refractivity contribution in [2.24, 2.45) is 0 Å². The number of anilines is 1. The van der Waals surface area contributed by atoms with Crippen LogP contribution in [0.5, 0.6) is 11.5 Å². The number of benzene rings is 4. The molecule has 3 N–H and O–H groups in total. The Morgan fingerprint density at radius 3 is 2.34 bits per heavy atom. The number of carbonyl (C=O) groups is 3. The number of rotatable bonds is 10. The van der Waals surface area contributed by atoms with Crippen molar-refractivity contribution in [2.45, 2.75) is 39.2 Å². The van der Waals surface area contributed by atoms with Gasteiger partial charge >= 0.3 is 5.97 Å². The van der Waals surface area contributed by atoms with E-state index in [1.54, 1.807) is 42.5 Å². The first-order valence-corrected chi connectivity index (χ1v) is 12.5. The SMILES string of the molecule is CC(=O)Nc1ccc(Oc2ccc(CCCC(=O)O)c(C(=O)NC(C)c3cccc4ccccc34)c2)cc1. The van der Waals surface area contributed by atoms with Crippen LogP contribution in [0, 0.1) is 0 Å². The van der Waals surface area contributed by atoms with E-state index in [9.17, 15) is 14.4 Å². The third-order valence-electron chi connectivity index (χ3n) is 6.21. The first-order chi connectivity index (χ1) is 18.3. The van der Waals surface area contributed by atoms with Crippen molar-refractivity contribution >= 4 is 34.2 Å². The summed E-state index contributed by atoms with van der Waals surface area (Å²) in [5.41, 5.74) is 2.86. The normalized spacial score (nSPS) is 11.5. The van der Waals surface area contributed by atoms with Crippen molar-refractivity contribution in [3.8, 4) is 11.5 Å². The molecule has 0 aliphatic rings. The Hall–Kier alpha value is -4.65. The van der Waals surface area contributed by atoms with Crippen LogP contribution in [-0.4, -0.2) is 22.9 Å². The molecule has 1 unspecified atom stereocenters. The molecule has 0 bridgehead atoms. The smallest absolute Gasteiger partial charge is 0.303 e. The van der Waals surface area contributed by atoms with Crippen LogP contribution in [-0.2, 0) is 16.0 Å². The molecule has 0 radical (unpaired) electrons. The molecule has 0 fully saturated rings. The van der Waals surface area contributed by atoms with E-state index in [2.05, 4.69) is 10.6 Å². The molecular weight excluding hydrogens is 480 g/mol. The number of hydrogen-bond donors (Lipinski definition) is 3. The summed E-state index contributed by atoms with van der Waals surface area (Å²) >= 11 is 0. The summed E-state index contributed by atoms with van der Waals surface area (Å²) < 4.78 is 5.99. The molecule has 0 aliphatic carbocycles. The second-order valence-corrected chi connectivity index (χ2v) is 9.14. The van der Waals surface area contributed by atoms with Crippen LogP contribution in [0.4, 0.5) is 5.69 Å². The Bertz CT molecular complexity index is 1460. The average molecular weight is 511 g/mol. The highest BCUT2D eigenvalue weighted by molar-refractivity contribution is 5.97. The molecule has 0 aliphatic heterocycles. The molecule has 0 heterocycles. The fourth-order valence-corrected chi connectivity index (χ4v) is 4.40. The first kappa shape index (κ1) is 26.4. The Kier molecular flexibility index (Phi) is 8.38. The van der Waals surface area contributed by atoms with E-state index in [0.717, 1.165) is 21.9 Å². The van der Waals surface area contributed by atoms with Crippen LogP contribution in [0.2, 0.25) is 0 Å². The largest absolute Gasteiger partial charge is 0.481 e. The lowest BCUT2D eigenvalue weighted by molar-refractivity contribution is -0.137. The van der Waals surface area contributed by atoms with E-state index in [4.69, 9.17) is 9.84 Å². The van der Waals surface area contributed by atoms with Crippen LogP contribution in [0.25, 0.3) is 10.8 Å². The maximum Gasteiger partial charge on any atom is 0.303 e. The maximum absolute atomic E-state index is 13.5. The van der Waals surface area contributed by atoms with Crippen molar-refractivity contribution in [1.29, 1.82) is 0 Å². The molecule has 0 saturated heterocycles. The monoisotopic (exact) mass is 510 g/mol. The molecule has 4 rings (SSSR count). The Balaban J connectivity index is 1.57. The third kappa shape index (κ3) is 6.76. The first-order valence-electron chi connectivity index (χ1n) is 12.5. The van der Waals surface area contributed by atoms with Crippen LogP contribution < -0.4 is 15.4 Å². The number of carboxylic acids is 1. The number of fused-ring (bicyclic) bond motifs is 1. The van der Waals surface area contributed by atoms with Gasteiger partial charge in [0.15, 0.2) is 0 Å². The van der Waals surface area contributed by atoms with Gasteiger partial charge in [-0.05, 0) is 78.1 Å². The van der Waals surface area contributed by atoms with Gasteiger partial charge in [-0.25, -0.2) is 0 Å². The number of hydrogen-bond acceptors (Lipinski definition) is 4. The Morgan fingerprint density at radius 1 is 0.895 bits per heavy atom. The average Bonchev–Trinajstić information content (AvgIpc) is 2.89. The third-order valence-corrected chi connectivity index (χ3v) is 6.21. The quantitative estimate of drug-likeness (QED) is 0.226. The number of carbonyl (C=O) groups excluding carboxylic acids is 2. The van der Waals surface area contributed by atoms with Gasteiger partial charge in [0.2, 0.25) is 5.91 Å². The second kappa shape index (κ2) is 12.1. The van der Waals surface area contributed by atoms with Gasteiger partial charge in [-0.1, -0.05) is 48.5 Å². The van der Waals surface area contributed by atoms with Crippen LogP contribution >= 0.6 is 0 Å². The zero-order chi connectivity index (χ0) is 27.1. The molecule has 0 saturated carbocycles. The highest BCUT2D eigenvalue weighted by Crippen LogP contribution is 2.28. The van der Waals surface area contributed by atoms with E-state index in [0.29, 0.717) is 35.6 Å². The summed E-state index contributed by atoms with van der Waals surface area (Å²) in [5, 5.41) is 17.0. The lowest BCUT2D eigenvalue weighted by Crippen LogP contribution is -2.27. The highest BCUT2D eigenvalue weighted by atomic mass is 16.5. The predicted molar refractivity (Wildman–Crippen MR) is 148 cm³/mol. The molecule has 0 aromatic heterocycles. The molecular formula is C31H30N2O5. The molecule has 0 spiro atoms. The summed E-state index contributed by atoms with van der Waals surface area (Å²) in [6, 6.07) is 26.0. The molecule has 2 amide bonds. The van der Waals surface area contributed by atoms with Crippen molar-refractivity contribution < 1.29 is 24.2 Å². The number of nitrogens with one attached hydrogen (secondary N) is 2. The van der Waals surface area contributed by atoms with Gasteiger partial charge < -0.3 is 20.5 Å². The van der Waals surface area contributed by atoms with E-state index < -0.39 is 5.97 Å². The highest BCUT2D eigenvalue weighted by Gasteiger charge is 2.18. The van der Waals surface area contributed by atoms with Crippen molar-refractivity contribution in [1.82, 2.24) is 5.32 Å². The second-order valence-electron chi connectivity index (χ2n) is 9.14. The molecule has 7 nitrogen and oxygen atoms in total. The van der Waals surface area contributed by atoms with E-state index in [1.165, 1.54) is 6.92 Å². The Morgan fingerprint density at radius 2 is 1.61 bits per heavy atom. The van der Waals surface area contributed by atoms with Crippen LogP contribution in [0.15, 0.2) is 84.9 Å². The van der Waals surface area contributed by atoms with Gasteiger partial charge in [-0.15, -0.1) is 0 Å². The van der Waals surface area contributed by atoms with Gasteiger partial charge in [0.1, 0.15) is 11.5 Å². The van der Waals surface area contributed by atoms with Gasteiger partial charge in [0.25, 0.3) is 5.91 Å². The molecule has 4 aromatic carbocycles. The van der Waals surface area contributed by atoms with E-state index >= 15 is 0 Å². The molecule has 7 heteroatoms. The van der Waals surface area contributed by atoms with E-state index in [-0.39, 0.29) is 24.3 Å². The van der Waals surface area contributed by atoms with Crippen molar-refractivity contribution in [3.05, 3.63) is 102 Å². The molecule has 1 atom stereocenters. The van der Waals surface area contributed by atoms with Crippen LogP contribution in [0.1, 0.15) is 54.2 Å². The van der Waals surface area contributed by atoms with Gasteiger partial charge in [-0.2, -0.15) is 0 Å². The number of carboxylic acid groups (broad SMARTS) is 1. The summed E-state index contributed by atoms with van der Waals surface area (Å²) in [6.45, 7) is 3.39. The summed E-state index contributed by atoms with van der Waals surface area (Å²) in [6.07, 6.45) is 0.884. The minimum atomic E-state index is -0.872. The van der Waals surface area contributed by atoms with Crippen LogP contribution in [0.3, 0.4) is 0 Å². The van der Waals surface area contributed by atoms with Gasteiger partial charge in [0, 0.05) is 24.6 Å². The fraction of sp³-hybridized carbons (Fsp3) is 0.194. The zero-order valence-electron chi connectivity index (χ0n) is 21.4. The molecule has 38 heavy (non-hydrogen) atoms. The number of amides is 2. The summed E-state index contributed by atoms with van der Waals surface area (Å²) in [4.78, 5) is 35.8. The lowest BCUT2D eigenvalue weighted by Gasteiger charge is -2.19. The predicted octanol–water partition coefficient (Wildman–Crippen LogP) is 6.49. The zero-order valence-corrected chi connectivity index (χ0v) is 21.4. The van der Waals surface area contributed by atoms with E-state index in [1.807, 2.05) is 49.4 Å². The van der Waals surface area contributed by atoms with Gasteiger partial charge in [0.05, 0.1) is 6.04 Å². The van der Waals surface area contributed by atoms with Crippen molar-refractivity contribution in [3.63, 3.8) is 0 Å². The number of aryl methyl sites for hydroxylation is 1. The molecule has 194 valence electrons. The molecule has 4 aromatic rings. The maximum atomic E-state index is 13.5. The topological polar surface area (TPSA) is 105 Å². The minimum absolute atomic E-state index is 0.0202. The fourth-order valence-electron chi connectivity index (χ4n) is 4.40. The van der Waals surface area contributed by atoms with Gasteiger partial charge in [-0.3, -0.25) is 14.4 Å². The Labute approximate surface area is 221 Å². The van der Waals surface area contributed by atoms with Crippen molar-refractivity contribution in [2.75, 3.05) is 5.32 Å². The summed E-state index contributed by atoms with van der Waals surface area (Å²) in [7, 11) is 0. The minimum Gasteiger partial charge on any atom is -0.481 e. The lowest BCUT2D eigenvalue weighted by atomic mass is 9.98. The number of aliphatic carboxylic acids is 1. The number of ether oxygens (including phenoxy) is 1. The summed E-state index contributed by atoms with van der Waals surface area (Å²) in [5.74, 6) is -0.272. The standard InChI is InChI=1S/C31H30N2O5/c1-20(27-11-5-8-22-7-3-4-10-28(22)27)32-31(37)29-19-26(16-13-23(29)9-6-12-30(35)36)38-25-17-14-24(15-18-25)33-21(2)34/h3-5,7-8,10-11,13-20H,6,9,12H2,1-2H3,(H,32,37)(H,33,34)(H,35,36).